The van der Waals surface area contributed by atoms with Crippen LogP contribution in [0.25, 0.3) is 5.52 Å². The Hall–Kier alpha value is -2.14. The number of benzene rings is 1. The Bertz CT molecular complexity index is 797. The molecule has 3 rings (SSSR count). The number of carboxylic acids is 1. The molecule has 0 atom stereocenters. The first-order valence-corrected chi connectivity index (χ1v) is 7.38. The molecule has 1 N–H and O–H groups in total. The maximum atomic E-state index is 11.1. The second kappa shape index (κ2) is 5.69. The highest BCUT2D eigenvalue weighted by Crippen LogP contribution is 2.21. The van der Waals surface area contributed by atoms with Crippen LogP contribution in [0.1, 0.15) is 21.7 Å². The molecule has 0 spiro atoms. The second-order valence-corrected chi connectivity index (χ2v) is 5.53. The predicted octanol–water partition coefficient (Wildman–Crippen LogP) is 3.58. The molecule has 5 heteroatoms. The summed E-state index contributed by atoms with van der Waals surface area (Å²) in [7, 11) is 0. The van der Waals surface area contributed by atoms with Gasteiger partial charge in [-0.1, -0.05) is 30.3 Å². The van der Waals surface area contributed by atoms with Crippen LogP contribution in [-0.2, 0) is 12.8 Å². The van der Waals surface area contributed by atoms with Crippen LogP contribution in [0.15, 0.2) is 53.3 Å². The summed E-state index contributed by atoms with van der Waals surface area (Å²) >= 11 is 3.43. The fourth-order valence-electron chi connectivity index (χ4n) is 2.31. The van der Waals surface area contributed by atoms with Crippen molar-refractivity contribution < 1.29 is 9.90 Å². The molecule has 0 aliphatic heterocycles. The number of imidazole rings is 1. The molecular weight excluding hydrogens is 332 g/mol. The molecule has 0 saturated heterocycles. The van der Waals surface area contributed by atoms with Crippen LogP contribution >= 0.6 is 15.9 Å². The first-order valence-electron chi connectivity index (χ1n) is 6.59. The molecule has 106 valence electrons. The van der Waals surface area contributed by atoms with E-state index in [1.165, 1.54) is 5.56 Å². The zero-order chi connectivity index (χ0) is 14.8. The smallest absolute Gasteiger partial charge is 0.337 e. The van der Waals surface area contributed by atoms with Gasteiger partial charge in [0.2, 0.25) is 0 Å². The van der Waals surface area contributed by atoms with Crippen LogP contribution in [-0.4, -0.2) is 20.5 Å². The van der Waals surface area contributed by atoms with E-state index in [2.05, 4.69) is 33.0 Å². The summed E-state index contributed by atoms with van der Waals surface area (Å²) in [4.78, 5) is 15.6. The highest BCUT2D eigenvalue weighted by Gasteiger charge is 2.12. The normalized spacial score (nSPS) is 10.9. The van der Waals surface area contributed by atoms with Crippen molar-refractivity contribution in [1.82, 2.24) is 9.38 Å². The number of nitrogens with zero attached hydrogens (tertiary/aromatic N) is 2. The standard InChI is InChI=1S/C16H13BrN2O2/c17-15-13-8-7-12(16(20)21)10-19(13)14(18-15)9-6-11-4-2-1-3-5-11/h1-5,7-8,10H,6,9H2,(H,20,21). The third-order valence-corrected chi connectivity index (χ3v) is 3.98. The van der Waals surface area contributed by atoms with Gasteiger partial charge in [-0.05, 0) is 40.0 Å². The third-order valence-electron chi connectivity index (χ3n) is 3.39. The summed E-state index contributed by atoms with van der Waals surface area (Å²) < 4.78 is 2.58. The highest BCUT2D eigenvalue weighted by molar-refractivity contribution is 9.10. The lowest BCUT2D eigenvalue weighted by Crippen LogP contribution is -2.02. The number of halogens is 1. The number of aryl methyl sites for hydroxylation is 2. The number of hydrogen-bond acceptors (Lipinski definition) is 2. The average molecular weight is 345 g/mol. The van der Waals surface area contributed by atoms with Crippen LogP contribution in [0.4, 0.5) is 0 Å². The van der Waals surface area contributed by atoms with E-state index in [9.17, 15) is 4.79 Å². The molecule has 0 aliphatic rings. The van der Waals surface area contributed by atoms with Gasteiger partial charge >= 0.3 is 5.97 Å². The Morgan fingerprint density at radius 1 is 1.14 bits per heavy atom. The molecule has 0 unspecified atom stereocenters. The van der Waals surface area contributed by atoms with Gasteiger partial charge in [-0.2, -0.15) is 0 Å². The highest BCUT2D eigenvalue weighted by atomic mass is 79.9. The van der Waals surface area contributed by atoms with Gasteiger partial charge in [0.15, 0.2) is 0 Å². The van der Waals surface area contributed by atoms with E-state index in [0.29, 0.717) is 0 Å². The molecule has 0 radical (unpaired) electrons. The van der Waals surface area contributed by atoms with Crippen molar-refractivity contribution >= 4 is 27.4 Å². The van der Waals surface area contributed by atoms with Gasteiger partial charge in [-0.25, -0.2) is 9.78 Å². The lowest BCUT2D eigenvalue weighted by molar-refractivity contribution is 0.0696. The van der Waals surface area contributed by atoms with E-state index in [4.69, 9.17) is 5.11 Å². The molecule has 4 nitrogen and oxygen atoms in total. The molecule has 0 bridgehead atoms. The van der Waals surface area contributed by atoms with E-state index in [-0.39, 0.29) is 5.56 Å². The van der Waals surface area contributed by atoms with E-state index in [1.54, 1.807) is 18.3 Å². The minimum Gasteiger partial charge on any atom is -0.478 e. The van der Waals surface area contributed by atoms with E-state index < -0.39 is 5.97 Å². The van der Waals surface area contributed by atoms with Gasteiger partial charge < -0.3 is 9.51 Å². The van der Waals surface area contributed by atoms with Crippen LogP contribution < -0.4 is 0 Å². The van der Waals surface area contributed by atoms with Gasteiger partial charge in [0.1, 0.15) is 10.4 Å². The minimum atomic E-state index is -0.935. The second-order valence-electron chi connectivity index (χ2n) is 4.78. The van der Waals surface area contributed by atoms with Crippen molar-refractivity contribution in [3.8, 4) is 0 Å². The largest absolute Gasteiger partial charge is 0.478 e. The van der Waals surface area contributed by atoms with E-state index >= 15 is 0 Å². The Morgan fingerprint density at radius 3 is 2.62 bits per heavy atom. The van der Waals surface area contributed by atoms with Crippen molar-refractivity contribution in [3.63, 3.8) is 0 Å². The van der Waals surface area contributed by atoms with Crippen LogP contribution in [0.5, 0.6) is 0 Å². The first-order chi connectivity index (χ1) is 10.1. The van der Waals surface area contributed by atoms with E-state index in [1.807, 2.05) is 22.6 Å². The minimum absolute atomic E-state index is 0.258. The summed E-state index contributed by atoms with van der Waals surface area (Å²) in [6.07, 6.45) is 3.24. The monoisotopic (exact) mass is 344 g/mol. The van der Waals surface area contributed by atoms with Crippen LogP contribution in [0.3, 0.4) is 0 Å². The summed E-state index contributed by atoms with van der Waals surface area (Å²) in [5, 5.41) is 9.10. The zero-order valence-electron chi connectivity index (χ0n) is 11.2. The Labute approximate surface area is 130 Å². The summed E-state index contributed by atoms with van der Waals surface area (Å²) in [6, 6.07) is 13.5. The number of aromatic carboxylic acids is 1. The topological polar surface area (TPSA) is 54.6 Å². The quantitative estimate of drug-likeness (QED) is 0.786. The molecule has 2 heterocycles. The van der Waals surface area contributed by atoms with Crippen molar-refractivity contribution in [3.05, 3.63) is 70.2 Å². The number of rotatable bonds is 4. The van der Waals surface area contributed by atoms with Gasteiger partial charge in [-0.15, -0.1) is 0 Å². The molecule has 0 aliphatic carbocycles. The maximum Gasteiger partial charge on any atom is 0.337 e. The SMILES string of the molecule is O=C(O)c1ccc2c(Br)nc(CCc3ccccc3)n2c1. The summed E-state index contributed by atoms with van der Waals surface area (Å²) in [5.74, 6) is -0.0837. The molecule has 3 aromatic rings. The van der Waals surface area contributed by atoms with Crippen molar-refractivity contribution in [2.45, 2.75) is 12.8 Å². The molecule has 0 fully saturated rings. The third kappa shape index (κ3) is 2.83. The Balaban J connectivity index is 1.94. The molecule has 21 heavy (non-hydrogen) atoms. The van der Waals surface area contributed by atoms with Crippen LogP contribution in [0.2, 0.25) is 0 Å². The molecule has 0 amide bonds. The van der Waals surface area contributed by atoms with Crippen molar-refractivity contribution in [2.75, 3.05) is 0 Å². The molecular formula is C16H13BrN2O2. The lowest BCUT2D eigenvalue weighted by atomic mass is 10.1. The van der Waals surface area contributed by atoms with Crippen molar-refractivity contribution in [1.29, 1.82) is 0 Å². The predicted molar refractivity (Wildman–Crippen MR) is 83.7 cm³/mol. The van der Waals surface area contributed by atoms with Gasteiger partial charge in [0.25, 0.3) is 0 Å². The first kappa shape index (κ1) is 13.8. The number of hydrogen-bond donors (Lipinski definition) is 1. The maximum absolute atomic E-state index is 11.1. The zero-order valence-corrected chi connectivity index (χ0v) is 12.7. The molecule has 1 aromatic carbocycles. The number of aromatic nitrogens is 2. The van der Waals surface area contributed by atoms with Crippen molar-refractivity contribution in [2.24, 2.45) is 0 Å². The fraction of sp³-hybridized carbons (Fsp3) is 0.125. The summed E-state index contributed by atoms with van der Waals surface area (Å²) in [6.45, 7) is 0. The van der Waals surface area contributed by atoms with Gasteiger partial charge in [0.05, 0.1) is 11.1 Å². The number of pyridine rings is 1. The Kier molecular flexibility index (Phi) is 3.75. The summed E-state index contributed by atoms with van der Waals surface area (Å²) in [5.41, 5.74) is 2.37. The van der Waals surface area contributed by atoms with Gasteiger partial charge in [-0.3, -0.25) is 0 Å². The van der Waals surface area contributed by atoms with Crippen LogP contribution in [0, 0.1) is 0 Å². The molecule has 2 aromatic heterocycles. The average Bonchev–Trinajstić information content (AvgIpc) is 2.82. The van der Waals surface area contributed by atoms with E-state index in [0.717, 1.165) is 28.8 Å². The number of fused-ring (bicyclic) bond motifs is 1. The number of carboxylic acid groups (broad SMARTS) is 1. The van der Waals surface area contributed by atoms with Gasteiger partial charge in [0, 0.05) is 12.6 Å². The fourth-order valence-corrected chi connectivity index (χ4v) is 2.84. The lowest BCUT2D eigenvalue weighted by Gasteiger charge is -2.03. The molecule has 0 saturated carbocycles. The Morgan fingerprint density at radius 2 is 1.90 bits per heavy atom. The number of carbonyl (C=O) groups is 1.